The predicted molar refractivity (Wildman–Crippen MR) is 102 cm³/mol. The highest BCUT2D eigenvalue weighted by molar-refractivity contribution is 7.89. The van der Waals surface area contributed by atoms with Gasteiger partial charge in [-0.1, -0.05) is 44.2 Å². The Kier molecular flexibility index (Phi) is 5.57. The van der Waals surface area contributed by atoms with Crippen LogP contribution in [0.2, 0.25) is 0 Å². The average Bonchev–Trinajstić information content (AvgIpc) is 3.13. The molecule has 0 aliphatic heterocycles. The Balaban J connectivity index is 1.90. The lowest BCUT2D eigenvalue weighted by Gasteiger charge is -2.18. The molecule has 27 heavy (non-hydrogen) atoms. The summed E-state index contributed by atoms with van der Waals surface area (Å²) in [7, 11) is -3.65. The van der Waals surface area contributed by atoms with Gasteiger partial charge in [-0.05, 0) is 6.07 Å². The highest BCUT2D eigenvalue weighted by Gasteiger charge is 2.22. The first-order chi connectivity index (χ1) is 13.0. The molecule has 0 N–H and O–H groups in total. The van der Waals surface area contributed by atoms with E-state index in [-0.39, 0.29) is 17.0 Å². The van der Waals surface area contributed by atoms with Crippen molar-refractivity contribution < 1.29 is 12.8 Å². The summed E-state index contributed by atoms with van der Waals surface area (Å²) in [6.45, 7) is 4.31. The third-order valence-electron chi connectivity index (χ3n) is 4.22. The van der Waals surface area contributed by atoms with E-state index in [1.165, 1.54) is 27.2 Å². The smallest absolute Gasteiger partial charge is 0.251 e. The van der Waals surface area contributed by atoms with Gasteiger partial charge >= 0.3 is 0 Å². The molecule has 0 radical (unpaired) electrons. The first-order valence-electron chi connectivity index (χ1n) is 8.66. The van der Waals surface area contributed by atoms with Gasteiger partial charge in [-0.2, -0.15) is 4.31 Å². The molecule has 0 spiro atoms. The van der Waals surface area contributed by atoms with Gasteiger partial charge in [-0.3, -0.25) is 4.79 Å². The lowest BCUT2D eigenvalue weighted by molar-refractivity contribution is 0.443. The third kappa shape index (κ3) is 4.01. The zero-order chi connectivity index (χ0) is 19.4. The Morgan fingerprint density at radius 3 is 2.44 bits per heavy atom. The first-order valence-corrected chi connectivity index (χ1v) is 10.1. The van der Waals surface area contributed by atoms with Crippen LogP contribution in [0.3, 0.4) is 0 Å². The highest BCUT2D eigenvalue weighted by atomic mass is 32.2. The maximum atomic E-state index is 12.7. The number of benzene rings is 1. The summed E-state index contributed by atoms with van der Waals surface area (Å²) in [5, 5.41) is 0. The van der Waals surface area contributed by atoms with E-state index < -0.39 is 10.0 Å². The van der Waals surface area contributed by atoms with Crippen LogP contribution in [-0.4, -0.2) is 35.4 Å². The van der Waals surface area contributed by atoms with E-state index in [2.05, 4.69) is 4.98 Å². The molecule has 0 atom stereocenters. The fraction of sp³-hybridized carbons (Fsp3) is 0.263. The SMILES string of the molecule is CCN(CC)S(=O)(=O)c1ccc(=O)n(Cc2ncc(-c3ccccc3)o2)c1. The van der Waals surface area contributed by atoms with Gasteiger partial charge < -0.3 is 8.98 Å². The van der Waals surface area contributed by atoms with Gasteiger partial charge in [0.15, 0.2) is 5.76 Å². The van der Waals surface area contributed by atoms with E-state index in [1.54, 1.807) is 20.0 Å². The van der Waals surface area contributed by atoms with Gasteiger partial charge in [0, 0.05) is 30.9 Å². The molecule has 0 unspecified atom stereocenters. The maximum absolute atomic E-state index is 12.7. The minimum atomic E-state index is -3.65. The molecule has 3 aromatic rings. The lowest BCUT2D eigenvalue weighted by Crippen LogP contribution is -2.32. The standard InChI is InChI=1S/C19H21N3O4S/c1-3-22(4-2)27(24,25)16-10-11-19(23)21(13-16)14-18-20-12-17(26-18)15-8-6-5-7-9-15/h5-13H,3-4,14H2,1-2H3. The molecule has 3 rings (SSSR count). The van der Waals surface area contributed by atoms with Crippen LogP contribution in [0.25, 0.3) is 11.3 Å². The summed E-state index contributed by atoms with van der Waals surface area (Å²) >= 11 is 0. The highest BCUT2D eigenvalue weighted by Crippen LogP contribution is 2.20. The topological polar surface area (TPSA) is 85.4 Å². The summed E-state index contributed by atoms with van der Waals surface area (Å²) in [5.74, 6) is 0.916. The molecule has 0 aliphatic rings. The molecule has 8 heteroatoms. The number of pyridine rings is 1. The Morgan fingerprint density at radius 2 is 1.78 bits per heavy atom. The van der Waals surface area contributed by atoms with E-state index in [0.29, 0.717) is 24.7 Å². The average molecular weight is 387 g/mol. The Bertz CT molecular complexity index is 1070. The van der Waals surface area contributed by atoms with Crippen molar-refractivity contribution in [1.82, 2.24) is 13.9 Å². The summed E-state index contributed by atoms with van der Waals surface area (Å²) in [4.78, 5) is 16.4. The largest absolute Gasteiger partial charge is 0.439 e. The van der Waals surface area contributed by atoms with E-state index in [4.69, 9.17) is 4.42 Å². The number of hydrogen-bond donors (Lipinski definition) is 0. The summed E-state index contributed by atoms with van der Waals surface area (Å²) in [6.07, 6.45) is 2.93. The van der Waals surface area contributed by atoms with E-state index in [9.17, 15) is 13.2 Å². The van der Waals surface area contributed by atoms with Gasteiger partial charge in [0.25, 0.3) is 5.56 Å². The molecular weight excluding hydrogens is 366 g/mol. The molecule has 2 heterocycles. The second-order valence-corrected chi connectivity index (χ2v) is 7.84. The maximum Gasteiger partial charge on any atom is 0.251 e. The van der Waals surface area contributed by atoms with Crippen molar-refractivity contribution in [2.45, 2.75) is 25.3 Å². The van der Waals surface area contributed by atoms with Crippen LogP contribution in [-0.2, 0) is 16.6 Å². The quantitative estimate of drug-likeness (QED) is 0.622. The number of aromatic nitrogens is 2. The molecule has 0 fully saturated rings. The molecule has 142 valence electrons. The number of nitrogens with zero attached hydrogens (tertiary/aromatic N) is 3. The molecule has 7 nitrogen and oxygen atoms in total. The summed E-state index contributed by atoms with van der Waals surface area (Å²) < 4.78 is 33.7. The van der Waals surface area contributed by atoms with Gasteiger partial charge in [0.05, 0.1) is 11.1 Å². The zero-order valence-corrected chi connectivity index (χ0v) is 16.0. The molecular formula is C19H21N3O4S. The van der Waals surface area contributed by atoms with Crippen molar-refractivity contribution in [2.24, 2.45) is 0 Å². The molecule has 0 bridgehead atoms. The number of hydrogen-bond acceptors (Lipinski definition) is 5. The molecule has 0 amide bonds. The molecule has 0 saturated carbocycles. The van der Waals surface area contributed by atoms with Crippen LogP contribution in [0.4, 0.5) is 0 Å². The van der Waals surface area contributed by atoms with Crippen LogP contribution in [0, 0.1) is 0 Å². The monoisotopic (exact) mass is 387 g/mol. The van der Waals surface area contributed by atoms with Crippen molar-refractivity contribution in [2.75, 3.05) is 13.1 Å². The molecule has 0 saturated heterocycles. The van der Waals surface area contributed by atoms with Crippen LogP contribution in [0.1, 0.15) is 19.7 Å². The minimum absolute atomic E-state index is 0.0489. The van der Waals surface area contributed by atoms with Gasteiger partial charge in [0.1, 0.15) is 6.54 Å². The lowest BCUT2D eigenvalue weighted by atomic mass is 10.2. The fourth-order valence-corrected chi connectivity index (χ4v) is 4.24. The van der Waals surface area contributed by atoms with E-state index in [0.717, 1.165) is 5.56 Å². The Labute approximate surface area is 157 Å². The van der Waals surface area contributed by atoms with E-state index >= 15 is 0 Å². The fourth-order valence-electron chi connectivity index (χ4n) is 2.76. The van der Waals surface area contributed by atoms with Crippen LogP contribution >= 0.6 is 0 Å². The molecule has 2 aromatic heterocycles. The van der Waals surface area contributed by atoms with Gasteiger partial charge in [-0.25, -0.2) is 13.4 Å². The van der Waals surface area contributed by atoms with Gasteiger partial charge in [0.2, 0.25) is 15.9 Å². The van der Waals surface area contributed by atoms with E-state index in [1.807, 2.05) is 30.3 Å². The second kappa shape index (κ2) is 7.89. The van der Waals surface area contributed by atoms with Crippen LogP contribution < -0.4 is 5.56 Å². The predicted octanol–water partition coefficient (Wildman–Crippen LogP) is 2.58. The Hall–Kier alpha value is -2.71. The van der Waals surface area contributed by atoms with Crippen molar-refractivity contribution in [3.05, 3.63) is 71.1 Å². The van der Waals surface area contributed by atoms with Gasteiger partial charge in [-0.15, -0.1) is 0 Å². The minimum Gasteiger partial charge on any atom is -0.439 e. The molecule has 1 aromatic carbocycles. The van der Waals surface area contributed by atoms with Crippen LogP contribution in [0.5, 0.6) is 0 Å². The van der Waals surface area contributed by atoms with Crippen LogP contribution in [0.15, 0.2) is 69.0 Å². The number of oxazole rings is 1. The first kappa shape index (κ1) is 19.1. The van der Waals surface area contributed by atoms with Crippen molar-refractivity contribution in [3.8, 4) is 11.3 Å². The number of rotatable bonds is 7. The second-order valence-electron chi connectivity index (χ2n) is 5.90. The Morgan fingerprint density at radius 1 is 1.07 bits per heavy atom. The van der Waals surface area contributed by atoms with Crippen molar-refractivity contribution in [1.29, 1.82) is 0 Å². The van der Waals surface area contributed by atoms with Crippen molar-refractivity contribution in [3.63, 3.8) is 0 Å². The van der Waals surface area contributed by atoms with Crippen molar-refractivity contribution >= 4 is 10.0 Å². The summed E-state index contributed by atoms with van der Waals surface area (Å²) in [6, 6.07) is 12.1. The number of sulfonamides is 1. The molecule has 0 aliphatic carbocycles. The zero-order valence-electron chi connectivity index (χ0n) is 15.2. The normalized spacial score (nSPS) is 11.8. The third-order valence-corrected chi connectivity index (χ3v) is 6.25. The summed E-state index contributed by atoms with van der Waals surface area (Å²) in [5.41, 5.74) is 0.550.